The predicted octanol–water partition coefficient (Wildman–Crippen LogP) is 2.34. The van der Waals surface area contributed by atoms with Gasteiger partial charge in [0.1, 0.15) is 18.1 Å². The molecule has 23 heavy (non-hydrogen) atoms. The van der Waals surface area contributed by atoms with Gasteiger partial charge in [-0.2, -0.15) is 0 Å². The van der Waals surface area contributed by atoms with E-state index in [-0.39, 0.29) is 12.5 Å². The van der Waals surface area contributed by atoms with Crippen LogP contribution in [0.2, 0.25) is 0 Å². The second-order valence-corrected chi connectivity index (χ2v) is 5.24. The Kier molecular flexibility index (Phi) is 5.36. The van der Waals surface area contributed by atoms with Gasteiger partial charge in [-0.1, -0.05) is 13.8 Å². The van der Waals surface area contributed by atoms with Crippen molar-refractivity contribution in [3.8, 4) is 5.75 Å². The monoisotopic (exact) mass is 319 g/mol. The van der Waals surface area contributed by atoms with Gasteiger partial charge in [0, 0.05) is 5.56 Å². The lowest BCUT2D eigenvalue weighted by Crippen LogP contribution is -2.53. The zero-order chi connectivity index (χ0) is 17.0. The van der Waals surface area contributed by atoms with Gasteiger partial charge in [0.25, 0.3) is 5.91 Å². The summed E-state index contributed by atoms with van der Waals surface area (Å²) in [5, 5.41) is 0. The molecule has 6 nitrogen and oxygen atoms in total. The molecule has 0 N–H and O–H groups in total. The van der Waals surface area contributed by atoms with Crippen LogP contribution in [0.25, 0.3) is 0 Å². The first-order valence-electron chi connectivity index (χ1n) is 7.82. The molecule has 0 fully saturated rings. The first-order chi connectivity index (χ1) is 11.1. The Morgan fingerprint density at radius 1 is 1.39 bits per heavy atom. The fraction of sp³-hybridized carbons (Fsp3) is 0.471. The molecule has 0 spiro atoms. The van der Waals surface area contributed by atoms with Crippen molar-refractivity contribution in [1.82, 2.24) is 0 Å². The van der Waals surface area contributed by atoms with Crippen LogP contribution in [0.4, 0.5) is 5.69 Å². The molecule has 1 amide bonds. The van der Waals surface area contributed by atoms with Gasteiger partial charge in [-0.15, -0.1) is 0 Å². The van der Waals surface area contributed by atoms with Gasteiger partial charge in [-0.25, -0.2) is 4.79 Å². The quantitative estimate of drug-likeness (QED) is 0.594. The van der Waals surface area contributed by atoms with Crippen LogP contribution >= 0.6 is 0 Å². The summed E-state index contributed by atoms with van der Waals surface area (Å²) >= 11 is 0. The first-order valence-corrected chi connectivity index (χ1v) is 7.82. The van der Waals surface area contributed by atoms with E-state index >= 15 is 0 Å². The summed E-state index contributed by atoms with van der Waals surface area (Å²) < 4.78 is 10.8. The fourth-order valence-corrected chi connectivity index (χ4v) is 2.65. The number of nitrogens with zero attached hydrogens (tertiary/aromatic N) is 1. The minimum atomic E-state index is -0.735. The zero-order valence-corrected chi connectivity index (χ0v) is 13.6. The highest BCUT2D eigenvalue weighted by Crippen LogP contribution is 2.37. The summed E-state index contributed by atoms with van der Waals surface area (Å²) in [6.07, 6.45) is 0.947. The van der Waals surface area contributed by atoms with Gasteiger partial charge >= 0.3 is 5.97 Å². The van der Waals surface area contributed by atoms with Crippen molar-refractivity contribution in [3.63, 3.8) is 0 Å². The molecule has 124 valence electrons. The number of benzene rings is 1. The smallest absolute Gasteiger partial charge is 0.329 e. The number of aldehydes is 1. The number of rotatable bonds is 6. The summed E-state index contributed by atoms with van der Waals surface area (Å²) in [5.41, 5.74) is 0.850. The Bertz CT molecular complexity index is 613. The predicted molar refractivity (Wildman–Crippen MR) is 84.7 cm³/mol. The van der Waals surface area contributed by atoms with Crippen LogP contribution in [0.1, 0.15) is 44.0 Å². The third-order valence-electron chi connectivity index (χ3n) is 3.79. The van der Waals surface area contributed by atoms with E-state index in [4.69, 9.17) is 9.47 Å². The average Bonchev–Trinajstić information content (AvgIpc) is 2.56. The molecular weight excluding hydrogens is 298 g/mol. The number of amides is 1. The van der Waals surface area contributed by atoms with E-state index in [2.05, 4.69) is 0 Å². The largest absolute Gasteiger partial charge is 0.478 e. The van der Waals surface area contributed by atoms with Crippen LogP contribution in [0.15, 0.2) is 18.2 Å². The van der Waals surface area contributed by atoms with E-state index < -0.39 is 18.1 Å². The third kappa shape index (κ3) is 3.21. The van der Waals surface area contributed by atoms with Gasteiger partial charge in [0.15, 0.2) is 6.10 Å². The Morgan fingerprint density at radius 3 is 2.70 bits per heavy atom. The lowest BCUT2D eigenvalue weighted by molar-refractivity contribution is -0.146. The van der Waals surface area contributed by atoms with Gasteiger partial charge < -0.3 is 9.47 Å². The van der Waals surface area contributed by atoms with Crippen LogP contribution in [-0.4, -0.2) is 36.9 Å². The number of hydrogen-bond donors (Lipinski definition) is 0. The second-order valence-electron chi connectivity index (χ2n) is 5.24. The average molecular weight is 319 g/mol. The lowest BCUT2D eigenvalue weighted by atomic mass is 10.0. The first kappa shape index (κ1) is 17.0. The Morgan fingerprint density at radius 2 is 2.13 bits per heavy atom. The Hall–Kier alpha value is -2.37. The highest BCUT2D eigenvalue weighted by Gasteiger charge is 2.40. The molecule has 6 heteroatoms. The van der Waals surface area contributed by atoms with Crippen molar-refractivity contribution >= 4 is 23.9 Å². The van der Waals surface area contributed by atoms with E-state index in [0.29, 0.717) is 36.1 Å². The number of esters is 1. The maximum Gasteiger partial charge on any atom is 0.329 e. The Labute approximate surface area is 135 Å². The molecule has 0 saturated heterocycles. The Balaban J connectivity index is 2.52. The summed E-state index contributed by atoms with van der Waals surface area (Å²) in [5.74, 6) is -0.254. The van der Waals surface area contributed by atoms with Crippen molar-refractivity contribution in [2.75, 3.05) is 11.5 Å². The lowest BCUT2D eigenvalue weighted by Gasteiger charge is -2.37. The molecule has 1 aliphatic rings. The van der Waals surface area contributed by atoms with E-state index in [0.717, 1.165) is 0 Å². The second kappa shape index (κ2) is 7.26. The van der Waals surface area contributed by atoms with Crippen molar-refractivity contribution in [3.05, 3.63) is 23.8 Å². The standard InChI is InChI=1S/C17H21NO5/c1-4-12(17(21)22-6-3)18-13-9-11(10-19)7-8-15(13)23-14(5-2)16(18)20/h7-10,12,14H,4-6H2,1-3H3. The van der Waals surface area contributed by atoms with Gasteiger partial charge in [-0.05, 0) is 38.0 Å². The topological polar surface area (TPSA) is 72.9 Å². The molecule has 0 bridgehead atoms. The highest BCUT2D eigenvalue weighted by molar-refractivity contribution is 6.05. The van der Waals surface area contributed by atoms with Gasteiger partial charge in [0.05, 0.1) is 12.3 Å². The molecule has 2 rings (SSSR count). The molecular formula is C17H21NO5. The van der Waals surface area contributed by atoms with Crippen LogP contribution in [0.5, 0.6) is 5.75 Å². The normalized spacial score (nSPS) is 18.0. The van der Waals surface area contributed by atoms with Crippen LogP contribution < -0.4 is 9.64 Å². The van der Waals surface area contributed by atoms with E-state index in [1.807, 2.05) is 13.8 Å². The summed E-state index contributed by atoms with van der Waals surface area (Å²) in [6, 6.07) is 4.10. The number of fused-ring (bicyclic) bond motifs is 1. The SMILES string of the molecule is CCOC(=O)C(CC)N1C(=O)C(CC)Oc2ccc(C=O)cc21. The third-order valence-corrected chi connectivity index (χ3v) is 3.79. The van der Waals surface area contributed by atoms with Gasteiger partial charge in [-0.3, -0.25) is 14.5 Å². The summed E-state index contributed by atoms with van der Waals surface area (Å²) in [7, 11) is 0. The number of anilines is 1. The molecule has 1 heterocycles. The molecule has 1 aliphatic heterocycles. The van der Waals surface area contributed by atoms with Crippen molar-refractivity contribution in [1.29, 1.82) is 0 Å². The van der Waals surface area contributed by atoms with Crippen LogP contribution in [-0.2, 0) is 14.3 Å². The van der Waals surface area contributed by atoms with E-state index in [9.17, 15) is 14.4 Å². The number of ether oxygens (including phenoxy) is 2. The van der Waals surface area contributed by atoms with Crippen molar-refractivity contribution < 1.29 is 23.9 Å². The maximum atomic E-state index is 12.7. The van der Waals surface area contributed by atoms with Crippen LogP contribution in [0, 0.1) is 0 Å². The number of carbonyl (C=O) groups excluding carboxylic acids is 3. The molecule has 0 saturated carbocycles. The molecule has 2 atom stereocenters. The molecule has 0 aromatic heterocycles. The number of carbonyl (C=O) groups is 3. The summed E-state index contributed by atoms with van der Waals surface area (Å²) in [6.45, 7) is 5.62. The molecule has 2 unspecified atom stereocenters. The zero-order valence-electron chi connectivity index (χ0n) is 13.6. The van der Waals surface area contributed by atoms with Gasteiger partial charge in [0.2, 0.25) is 0 Å². The maximum absolute atomic E-state index is 12.7. The molecule has 0 aliphatic carbocycles. The minimum Gasteiger partial charge on any atom is -0.478 e. The minimum absolute atomic E-state index is 0.242. The highest BCUT2D eigenvalue weighted by atomic mass is 16.5. The molecule has 1 aromatic rings. The van der Waals surface area contributed by atoms with Crippen molar-refractivity contribution in [2.45, 2.75) is 45.8 Å². The molecule has 0 radical (unpaired) electrons. The van der Waals surface area contributed by atoms with E-state index in [1.54, 1.807) is 25.1 Å². The van der Waals surface area contributed by atoms with Crippen LogP contribution in [0.3, 0.4) is 0 Å². The molecule has 1 aromatic carbocycles. The fourth-order valence-electron chi connectivity index (χ4n) is 2.65. The van der Waals surface area contributed by atoms with Crippen molar-refractivity contribution in [2.24, 2.45) is 0 Å². The summed E-state index contributed by atoms with van der Waals surface area (Å²) in [4.78, 5) is 37.4. The van der Waals surface area contributed by atoms with E-state index in [1.165, 1.54) is 4.90 Å². The number of hydrogen-bond acceptors (Lipinski definition) is 5.